The van der Waals surface area contributed by atoms with Crippen LogP contribution in [-0.2, 0) is 40.5 Å². The topological polar surface area (TPSA) is 160 Å². The summed E-state index contributed by atoms with van der Waals surface area (Å²) >= 11 is 0. The number of sulfonamides is 1. The number of hydrogen-bond acceptors (Lipinski definition) is 9. The summed E-state index contributed by atoms with van der Waals surface area (Å²) in [4.78, 5) is 49.4. The van der Waals surface area contributed by atoms with Crippen molar-refractivity contribution in [3.8, 4) is 5.75 Å². The van der Waals surface area contributed by atoms with Gasteiger partial charge in [0.2, 0.25) is 21.8 Å². The van der Waals surface area contributed by atoms with E-state index in [4.69, 9.17) is 14.6 Å². The zero-order valence-electron chi connectivity index (χ0n) is 24.1. The summed E-state index contributed by atoms with van der Waals surface area (Å²) in [6, 6.07) is 11.5. The quantitative estimate of drug-likeness (QED) is 0.241. The van der Waals surface area contributed by atoms with Crippen LogP contribution < -0.4 is 10.1 Å². The van der Waals surface area contributed by atoms with Gasteiger partial charge in [-0.1, -0.05) is 30.3 Å². The van der Waals surface area contributed by atoms with Crippen LogP contribution in [0.1, 0.15) is 12.5 Å². The zero-order chi connectivity index (χ0) is 34.8. The molecule has 2 aromatic rings. The summed E-state index contributed by atoms with van der Waals surface area (Å²) in [6.07, 6.45) is -10.0. The van der Waals surface area contributed by atoms with Crippen molar-refractivity contribution in [3.63, 3.8) is 0 Å². The summed E-state index contributed by atoms with van der Waals surface area (Å²) in [5, 5.41) is 10.1. The van der Waals surface area contributed by atoms with Crippen LogP contribution in [0.25, 0.3) is 0 Å². The Labute approximate surface area is 257 Å². The molecule has 252 valence electrons. The second-order valence-corrected chi connectivity index (χ2v) is 12.3. The van der Waals surface area contributed by atoms with Gasteiger partial charge in [0.25, 0.3) is 0 Å². The van der Waals surface area contributed by atoms with Crippen molar-refractivity contribution < 1.29 is 68.5 Å². The van der Waals surface area contributed by atoms with Gasteiger partial charge in [-0.05, 0) is 36.8 Å². The molecule has 4 atom stereocenters. The van der Waals surface area contributed by atoms with Gasteiger partial charge in [0.05, 0.1) is 30.4 Å². The molecule has 0 bridgehead atoms. The molecule has 2 heterocycles. The maximum atomic E-state index is 13.5. The number of carbonyl (C=O) groups is 4. The number of carbonyl (C=O) groups excluding carboxylic acids is 3. The molecule has 0 aliphatic carbocycles. The molecule has 0 unspecified atom stereocenters. The third-order valence-corrected chi connectivity index (χ3v) is 9.08. The van der Waals surface area contributed by atoms with Crippen LogP contribution in [-0.4, -0.2) is 91.3 Å². The van der Waals surface area contributed by atoms with E-state index in [1.165, 1.54) is 14.0 Å². The SMILES string of the molecule is COC(=O)[C@]1(C)N[C@H](CN(C)S(=O)(=O)c2ccc(OC(F)(F)F)cc2)[C@@H]2C(=O)N(Cc3ccccc3)C(=O)[C@@H]21.O=C(O)C(F)(F)F. The highest BCUT2D eigenvalue weighted by atomic mass is 32.2. The van der Waals surface area contributed by atoms with E-state index in [2.05, 4.69) is 10.1 Å². The van der Waals surface area contributed by atoms with E-state index in [0.29, 0.717) is 5.56 Å². The number of amides is 2. The Morgan fingerprint density at radius 2 is 1.54 bits per heavy atom. The Balaban J connectivity index is 0.000000738. The first-order valence-corrected chi connectivity index (χ1v) is 14.4. The van der Waals surface area contributed by atoms with Crippen molar-refractivity contribution in [2.45, 2.75) is 42.5 Å². The van der Waals surface area contributed by atoms with E-state index in [1.54, 1.807) is 30.3 Å². The molecule has 2 saturated heterocycles. The van der Waals surface area contributed by atoms with E-state index >= 15 is 0 Å². The lowest BCUT2D eigenvalue weighted by molar-refractivity contribution is -0.274. The van der Waals surface area contributed by atoms with Gasteiger partial charge in [-0.2, -0.15) is 17.5 Å². The predicted octanol–water partition coefficient (Wildman–Crippen LogP) is 2.54. The Hall–Kier alpha value is -4.23. The molecule has 0 radical (unpaired) electrons. The molecule has 2 amide bonds. The fraction of sp³-hybridized carbons (Fsp3) is 0.407. The fourth-order valence-electron chi connectivity index (χ4n) is 5.18. The number of alkyl halides is 6. The molecule has 2 aliphatic heterocycles. The Bertz CT molecular complexity index is 1570. The molecule has 2 aromatic carbocycles. The van der Waals surface area contributed by atoms with E-state index in [9.17, 15) is 49.1 Å². The molecule has 0 spiro atoms. The van der Waals surface area contributed by atoms with Gasteiger partial charge in [-0.15, -0.1) is 13.2 Å². The molecule has 2 N–H and O–H groups in total. The van der Waals surface area contributed by atoms with E-state index < -0.39 is 75.5 Å². The Morgan fingerprint density at radius 3 is 2.02 bits per heavy atom. The van der Waals surface area contributed by atoms with Crippen molar-refractivity contribution in [2.24, 2.45) is 11.8 Å². The number of imide groups is 1. The van der Waals surface area contributed by atoms with Crippen LogP contribution in [0.5, 0.6) is 5.75 Å². The fourth-order valence-corrected chi connectivity index (χ4v) is 6.37. The highest BCUT2D eigenvalue weighted by molar-refractivity contribution is 7.89. The van der Waals surface area contributed by atoms with Crippen LogP contribution in [0, 0.1) is 11.8 Å². The van der Waals surface area contributed by atoms with Gasteiger partial charge in [0, 0.05) is 19.6 Å². The minimum atomic E-state index is -5.08. The Kier molecular flexibility index (Phi) is 10.4. The number of aliphatic carboxylic acids is 1. The number of nitrogens with zero attached hydrogens (tertiary/aromatic N) is 2. The minimum Gasteiger partial charge on any atom is -0.475 e. The number of likely N-dealkylation sites (N-methyl/N-ethyl adjacent to an activating group) is 1. The number of hydrogen-bond donors (Lipinski definition) is 2. The normalized spacial score (nSPS) is 23.1. The van der Waals surface area contributed by atoms with Crippen LogP contribution >= 0.6 is 0 Å². The second kappa shape index (κ2) is 13.2. The van der Waals surface area contributed by atoms with Crippen molar-refractivity contribution in [1.29, 1.82) is 0 Å². The predicted molar refractivity (Wildman–Crippen MR) is 143 cm³/mol. The van der Waals surface area contributed by atoms with Gasteiger partial charge < -0.3 is 14.6 Å². The minimum absolute atomic E-state index is 0.0179. The van der Waals surface area contributed by atoms with Crippen molar-refractivity contribution in [2.75, 3.05) is 20.7 Å². The summed E-state index contributed by atoms with van der Waals surface area (Å²) < 4.78 is 105. The number of rotatable bonds is 8. The van der Waals surface area contributed by atoms with Crippen LogP contribution in [0.3, 0.4) is 0 Å². The lowest BCUT2D eigenvalue weighted by Crippen LogP contribution is -2.56. The summed E-state index contributed by atoms with van der Waals surface area (Å²) in [5.74, 6) is -7.47. The first-order chi connectivity index (χ1) is 21.1. The number of carboxylic acid groups (broad SMARTS) is 1. The molecule has 19 heteroatoms. The third kappa shape index (κ3) is 7.76. The molecule has 4 rings (SSSR count). The highest BCUT2D eigenvalue weighted by Gasteiger charge is 2.66. The van der Waals surface area contributed by atoms with Crippen LogP contribution in [0.4, 0.5) is 26.3 Å². The second-order valence-electron chi connectivity index (χ2n) is 10.3. The number of carboxylic acids is 1. The summed E-state index contributed by atoms with van der Waals surface area (Å²) in [5.41, 5.74) is -0.912. The number of fused-ring (bicyclic) bond motifs is 1. The lowest BCUT2D eigenvalue weighted by Gasteiger charge is -2.29. The number of benzene rings is 2. The summed E-state index contributed by atoms with van der Waals surface area (Å²) in [7, 11) is -1.87. The molecular formula is C27H27F6N3O9S. The number of likely N-dealkylation sites (tertiary alicyclic amines) is 1. The largest absolute Gasteiger partial charge is 0.573 e. The van der Waals surface area contributed by atoms with Gasteiger partial charge in [-0.25, -0.2) is 13.2 Å². The number of ether oxygens (including phenoxy) is 2. The maximum absolute atomic E-state index is 13.5. The molecule has 0 aromatic heterocycles. The number of nitrogens with one attached hydrogen (secondary N) is 1. The lowest BCUT2D eigenvalue weighted by atomic mass is 9.81. The monoisotopic (exact) mass is 683 g/mol. The number of esters is 1. The van der Waals surface area contributed by atoms with Gasteiger partial charge in [0.15, 0.2) is 0 Å². The standard InChI is InChI=1S/C25H26F3N3O7S.C2HF3O2/c1-24(23(34)37-3)20-19(21(32)31(22(20)33)13-15-7-5-4-6-8-15)18(29-24)14-30(2)39(35,36)17-11-9-16(10-12-17)38-25(26,27)28;3-2(4,5)1(6)7/h4-12,18-20,29H,13-14H2,1-3H3;(H,6,7)/t18-,19+,20-,24-;/m1./s1. The van der Waals surface area contributed by atoms with E-state index in [0.717, 1.165) is 40.6 Å². The molecule has 2 fully saturated rings. The maximum Gasteiger partial charge on any atom is 0.573 e. The van der Waals surface area contributed by atoms with Gasteiger partial charge >= 0.3 is 24.5 Å². The Morgan fingerprint density at radius 1 is 1.00 bits per heavy atom. The molecule has 0 saturated carbocycles. The van der Waals surface area contributed by atoms with Crippen molar-refractivity contribution in [1.82, 2.24) is 14.5 Å². The van der Waals surface area contributed by atoms with Crippen LogP contribution in [0.2, 0.25) is 0 Å². The molecular weight excluding hydrogens is 656 g/mol. The van der Waals surface area contributed by atoms with Crippen LogP contribution in [0.15, 0.2) is 59.5 Å². The van der Waals surface area contributed by atoms with Gasteiger partial charge in [0.1, 0.15) is 11.3 Å². The first kappa shape index (κ1) is 36.2. The zero-order valence-corrected chi connectivity index (χ0v) is 24.9. The highest BCUT2D eigenvalue weighted by Crippen LogP contribution is 2.44. The smallest absolute Gasteiger partial charge is 0.475 e. The average Bonchev–Trinajstić information content (AvgIpc) is 3.40. The van der Waals surface area contributed by atoms with Gasteiger partial charge in [-0.3, -0.25) is 24.6 Å². The van der Waals surface area contributed by atoms with Crippen molar-refractivity contribution >= 4 is 33.8 Å². The van der Waals surface area contributed by atoms with E-state index in [1.807, 2.05) is 0 Å². The van der Waals surface area contributed by atoms with Crippen molar-refractivity contribution in [3.05, 3.63) is 60.2 Å². The summed E-state index contributed by atoms with van der Waals surface area (Å²) in [6.45, 7) is 1.09. The average molecular weight is 684 g/mol. The first-order valence-electron chi connectivity index (χ1n) is 13.0. The van der Waals surface area contributed by atoms with E-state index in [-0.39, 0.29) is 18.0 Å². The molecule has 46 heavy (non-hydrogen) atoms. The molecule has 12 nitrogen and oxygen atoms in total. The third-order valence-electron chi connectivity index (χ3n) is 7.24. The molecule has 2 aliphatic rings. The number of methoxy groups -OCH3 is 1. The number of halogens is 6.